The van der Waals surface area contributed by atoms with Crippen LogP contribution in [0.1, 0.15) is 0 Å². The van der Waals surface area contributed by atoms with Gasteiger partial charge in [-0.3, -0.25) is 0 Å². The van der Waals surface area contributed by atoms with Crippen molar-refractivity contribution in [3.8, 4) is 22.5 Å². The molecule has 0 spiro atoms. The first kappa shape index (κ1) is 24.0. The Morgan fingerprint density at radius 3 is 2.00 bits per heavy atom. The van der Waals surface area contributed by atoms with Crippen LogP contribution in [0.2, 0.25) is 0 Å². The molecular weight excluding hydrogens is 637 g/mol. The second-order valence-electron chi connectivity index (χ2n) is 8.07. The molecule has 0 atom stereocenters. The molecule has 3 aromatic heterocycles. The van der Waals surface area contributed by atoms with Crippen molar-refractivity contribution in [2.24, 2.45) is 0 Å². The molecule has 0 saturated carbocycles. The quantitative estimate of drug-likeness (QED) is 0.174. The largest absolute Gasteiger partial charge is 0.305 e. The molecule has 0 aliphatic heterocycles. The summed E-state index contributed by atoms with van der Waals surface area (Å²) in [5.74, 6) is 0. The minimum Gasteiger partial charge on any atom is -0.305 e. The van der Waals surface area contributed by atoms with Gasteiger partial charge in [0.25, 0.3) is 0 Å². The van der Waals surface area contributed by atoms with Crippen molar-refractivity contribution in [1.29, 1.82) is 0 Å². The van der Waals surface area contributed by atoms with Crippen LogP contribution in [-0.4, -0.2) is 9.97 Å². The standard InChI is InChI=1S/C21H12NS.C11H8N.Ir/c1-2-7-15-14(6-1)11-12-17-16-8-5-9-18(21(16)23-20(15)17)19-10-3-4-13-22-19;1-2-6-10(7-3-1)11-8-4-5-9-12-11;/h1-8,10-13H;1-6,8-9H;/q2*-1;. The fourth-order valence-electron chi connectivity index (χ4n) is 4.25. The molecule has 0 unspecified atom stereocenters. The molecule has 0 fully saturated rings. The maximum Gasteiger partial charge on any atom is 0.0318 e. The van der Waals surface area contributed by atoms with Crippen molar-refractivity contribution in [1.82, 2.24) is 9.97 Å². The van der Waals surface area contributed by atoms with Gasteiger partial charge in [-0.15, -0.1) is 59.7 Å². The summed E-state index contributed by atoms with van der Waals surface area (Å²) in [6.45, 7) is 0. The smallest absolute Gasteiger partial charge is 0.0318 e. The van der Waals surface area contributed by atoms with E-state index in [4.69, 9.17) is 0 Å². The van der Waals surface area contributed by atoms with Crippen molar-refractivity contribution >= 4 is 42.3 Å². The summed E-state index contributed by atoms with van der Waals surface area (Å²) >= 11 is 1.84. The van der Waals surface area contributed by atoms with Crippen LogP contribution in [0.3, 0.4) is 0 Å². The third-order valence-electron chi connectivity index (χ3n) is 5.89. The van der Waals surface area contributed by atoms with Crippen molar-refractivity contribution in [3.05, 3.63) is 134 Å². The minimum absolute atomic E-state index is 0. The fourth-order valence-corrected chi connectivity index (χ4v) is 5.59. The molecule has 0 saturated heterocycles. The predicted octanol–water partition coefficient (Wildman–Crippen LogP) is 8.62. The molecule has 3 heterocycles. The van der Waals surface area contributed by atoms with Gasteiger partial charge in [0.2, 0.25) is 0 Å². The van der Waals surface area contributed by atoms with E-state index in [0.29, 0.717) is 0 Å². The topological polar surface area (TPSA) is 25.8 Å². The molecule has 0 aliphatic rings. The van der Waals surface area contributed by atoms with Gasteiger partial charge in [-0.1, -0.05) is 66.0 Å². The van der Waals surface area contributed by atoms with E-state index < -0.39 is 0 Å². The van der Waals surface area contributed by atoms with Gasteiger partial charge >= 0.3 is 0 Å². The summed E-state index contributed by atoms with van der Waals surface area (Å²) in [4.78, 5) is 8.72. The summed E-state index contributed by atoms with van der Waals surface area (Å²) in [7, 11) is 0. The third kappa shape index (κ3) is 4.72. The van der Waals surface area contributed by atoms with Crippen LogP contribution in [0.4, 0.5) is 0 Å². The van der Waals surface area contributed by atoms with Gasteiger partial charge in [0.05, 0.1) is 0 Å². The van der Waals surface area contributed by atoms with Crippen LogP contribution in [-0.2, 0) is 20.1 Å². The van der Waals surface area contributed by atoms with Gasteiger partial charge < -0.3 is 9.97 Å². The normalized spacial score (nSPS) is 10.6. The molecule has 175 valence electrons. The number of nitrogens with zero attached hydrogens (tertiary/aromatic N) is 2. The molecule has 0 aliphatic carbocycles. The first-order chi connectivity index (χ1) is 17.4. The molecule has 4 aromatic carbocycles. The predicted molar refractivity (Wildman–Crippen MR) is 147 cm³/mol. The number of hydrogen-bond donors (Lipinski definition) is 0. The van der Waals surface area contributed by atoms with Crippen LogP contribution >= 0.6 is 11.3 Å². The molecule has 0 amide bonds. The van der Waals surface area contributed by atoms with Crippen LogP contribution in [0, 0.1) is 12.1 Å². The van der Waals surface area contributed by atoms with Crippen molar-refractivity contribution in [3.63, 3.8) is 0 Å². The number of aromatic nitrogens is 2. The van der Waals surface area contributed by atoms with E-state index in [1.165, 1.54) is 30.9 Å². The number of benzene rings is 4. The fraction of sp³-hybridized carbons (Fsp3) is 0. The maximum absolute atomic E-state index is 4.51. The number of thiophene rings is 1. The van der Waals surface area contributed by atoms with Crippen molar-refractivity contribution < 1.29 is 20.1 Å². The van der Waals surface area contributed by atoms with E-state index in [1.807, 2.05) is 84.3 Å². The monoisotopic (exact) mass is 657 g/mol. The van der Waals surface area contributed by atoms with Gasteiger partial charge in [0.15, 0.2) is 0 Å². The summed E-state index contributed by atoms with van der Waals surface area (Å²) in [5.41, 5.74) is 4.08. The van der Waals surface area contributed by atoms with Crippen molar-refractivity contribution in [2.75, 3.05) is 0 Å². The molecule has 0 bridgehead atoms. The molecule has 1 radical (unpaired) electrons. The zero-order chi connectivity index (χ0) is 23.5. The summed E-state index contributed by atoms with van der Waals surface area (Å²) in [5, 5.41) is 5.21. The molecule has 4 heteroatoms. The number of hydrogen-bond acceptors (Lipinski definition) is 3. The van der Waals surface area contributed by atoms with E-state index in [1.54, 1.807) is 6.20 Å². The molecule has 2 nitrogen and oxygen atoms in total. The average Bonchev–Trinajstić information content (AvgIpc) is 3.34. The van der Waals surface area contributed by atoms with Crippen LogP contribution in [0.5, 0.6) is 0 Å². The number of fused-ring (bicyclic) bond motifs is 5. The zero-order valence-electron chi connectivity index (χ0n) is 19.2. The SMILES string of the molecule is [Ir].[c-]1ccc2c(sc3c4ccccc4ccc23)c1-c1ccccn1.[c-]1ccccc1-c1ccccn1. The number of rotatable bonds is 2. The van der Waals surface area contributed by atoms with E-state index in [-0.39, 0.29) is 20.1 Å². The van der Waals surface area contributed by atoms with Crippen LogP contribution in [0.25, 0.3) is 53.5 Å². The average molecular weight is 657 g/mol. The van der Waals surface area contributed by atoms with Gasteiger partial charge in [-0.25, -0.2) is 0 Å². The van der Waals surface area contributed by atoms with Gasteiger partial charge in [-0.2, -0.15) is 11.3 Å². The zero-order valence-corrected chi connectivity index (χ0v) is 22.4. The Morgan fingerprint density at radius 1 is 0.528 bits per heavy atom. The van der Waals surface area contributed by atoms with E-state index in [0.717, 1.165) is 22.5 Å². The first-order valence-corrected chi connectivity index (χ1v) is 12.2. The van der Waals surface area contributed by atoms with Gasteiger partial charge in [0.1, 0.15) is 0 Å². The summed E-state index contributed by atoms with van der Waals surface area (Å²) in [6, 6.07) is 43.4. The third-order valence-corrected chi connectivity index (χ3v) is 7.17. The summed E-state index contributed by atoms with van der Waals surface area (Å²) < 4.78 is 2.60. The Labute approximate surface area is 227 Å². The molecule has 36 heavy (non-hydrogen) atoms. The Morgan fingerprint density at radius 2 is 1.25 bits per heavy atom. The molecule has 7 rings (SSSR count). The molecule has 7 aromatic rings. The Bertz CT molecular complexity index is 1690. The van der Waals surface area contributed by atoms with E-state index in [2.05, 4.69) is 64.6 Å². The van der Waals surface area contributed by atoms with E-state index >= 15 is 0 Å². The molecule has 0 N–H and O–H groups in total. The van der Waals surface area contributed by atoms with Gasteiger partial charge in [-0.05, 0) is 44.4 Å². The molecular formula is C32H20IrN2S-2. The number of pyridine rings is 2. The van der Waals surface area contributed by atoms with Crippen LogP contribution < -0.4 is 0 Å². The van der Waals surface area contributed by atoms with Gasteiger partial charge in [0, 0.05) is 37.2 Å². The summed E-state index contributed by atoms with van der Waals surface area (Å²) in [6.07, 6.45) is 3.63. The first-order valence-electron chi connectivity index (χ1n) is 11.4. The second kappa shape index (κ2) is 10.9. The Balaban J connectivity index is 0.000000175. The van der Waals surface area contributed by atoms with E-state index in [9.17, 15) is 0 Å². The Hall–Kier alpha value is -3.69. The minimum atomic E-state index is 0. The maximum atomic E-state index is 4.51. The second-order valence-corrected chi connectivity index (χ2v) is 9.09. The van der Waals surface area contributed by atoms with Crippen molar-refractivity contribution in [2.45, 2.75) is 0 Å². The van der Waals surface area contributed by atoms with Crippen LogP contribution in [0.15, 0.2) is 122 Å². The Kier molecular flexibility index (Phi) is 7.29.